The minimum atomic E-state index is -0.150. The first kappa shape index (κ1) is 41.2. The maximum absolute atomic E-state index is 11.9. The molecule has 0 aromatic heterocycles. The average molecular weight is 591 g/mol. The van der Waals surface area contributed by atoms with Gasteiger partial charge in [-0.15, -0.1) is 0 Å². The molecule has 0 spiro atoms. The van der Waals surface area contributed by atoms with Crippen LogP contribution in [0.5, 0.6) is 0 Å². The molecule has 0 aromatic carbocycles. The molecule has 2 heteroatoms. The molecule has 42 heavy (non-hydrogen) atoms. The van der Waals surface area contributed by atoms with Gasteiger partial charge >= 0.3 is 5.97 Å². The third kappa shape index (κ3) is 37.2. The molecule has 0 amide bonds. The summed E-state index contributed by atoms with van der Waals surface area (Å²) >= 11 is 0. The molecule has 0 radical (unpaired) electrons. The van der Waals surface area contributed by atoms with Crippen LogP contribution in [0.3, 0.4) is 0 Å². The second kappa shape index (κ2) is 38.2. The molecule has 0 fully saturated rings. The third-order valence-corrected chi connectivity index (χ3v) is 8.97. The van der Waals surface area contributed by atoms with E-state index in [2.05, 4.69) is 13.8 Å². The Kier molecular flexibility index (Phi) is 37.5. The van der Waals surface area contributed by atoms with E-state index in [9.17, 15) is 4.79 Å². The Labute approximate surface area is 266 Å². The van der Waals surface area contributed by atoms with Crippen molar-refractivity contribution in [1.82, 2.24) is 0 Å². The Morgan fingerprint density at radius 3 is 0.952 bits per heavy atom. The van der Waals surface area contributed by atoms with E-state index in [0.717, 1.165) is 12.8 Å². The van der Waals surface area contributed by atoms with Crippen molar-refractivity contribution < 1.29 is 9.53 Å². The second-order valence-corrected chi connectivity index (χ2v) is 13.3. The lowest BCUT2D eigenvalue weighted by molar-refractivity contribution is -0.137. The van der Waals surface area contributed by atoms with E-state index in [1.165, 1.54) is 205 Å². The van der Waals surface area contributed by atoms with E-state index in [1.54, 1.807) is 6.08 Å². The summed E-state index contributed by atoms with van der Waals surface area (Å²) in [6.45, 7) is 5.17. The van der Waals surface area contributed by atoms with Gasteiger partial charge in [0.05, 0.1) is 6.61 Å². The number of unbranched alkanes of at least 4 members (excludes halogenated alkanes) is 32. The lowest BCUT2D eigenvalue weighted by Gasteiger charge is -2.04. The molecule has 0 heterocycles. The fraction of sp³-hybridized carbons (Fsp3) is 0.925. The normalized spacial score (nSPS) is 11.6. The van der Waals surface area contributed by atoms with E-state index in [-0.39, 0.29) is 5.97 Å². The van der Waals surface area contributed by atoms with Gasteiger partial charge in [-0.25, -0.2) is 4.79 Å². The average Bonchev–Trinajstić information content (AvgIpc) is 3.00. The number of rotatable bonds is 36. The maximum atomic E-state index is 11.9. The molecule has 0 aliphatic heterocycles. The molecule has 2 nitrogen and oxygen atoms in total. The summed E-state index contributed by atoms with van der Waals surface area (Å²) in [5.74, 6) is -0.150. The van der Waals surface area contributed by atoms with Crippen molar-refractivity contribution in [2.45, 2.75) is 232 Å². The van der Waals surface area contributed by atoms with Crippen LogP contribution in [0.25, 0.3) is 0 Å². The van der Waals surface area contributed by atoms with Crippen molar-refractivity contribution in [2.75, 3.05) is 6.61 Å². The van der Waals surface area contributed by atoms with Crippen molar-refractivity contribution in [3.05, 3.63) is 12.2 Å². The summed E-state index contributed by atoms with van der Waals surface area (Å²) in [5, 5.41) is 0. The maximum Gasteiger partial charge on any atom is 0.330 e. The summed E-state index contributed by atoms with van der Waals surface area (Å²) in [6, 6.07) is 0. The highest BCUT2D eigenvalue weighted by molar-refractivity contribution is 5.81. The fourth-order valence-electron chi connectivity index (χ4n) is 6.04. The first-order chi connectivity index (χ1) is 20.8. The Bertz CT molecular complexity index is 526. The van der Waals surface area contributed by atoms with Crippen LogP contribution in [0.1, 0.15) is 232 Å². The zero-order valence-electron chi connectivity index (χ0n) is 29.2. The predicted molar refractivity (Wildman–Crippen MR) is 188 cm³/mol. The van der Waals surface area contributed by atoms with Gasteiger partial charge in [0.25, 0.3) is 0 Å². The van der Waals surface area contributed by atoms with Crippen LogP contribution in [0, 0.1) is 0 Å². The van der Waals surface area contributed by atoms with E-state index in [0.29, 0.717) is 6.61 Å². The van der Waals surface area contributed by atoms with Crippen LogP contribution >= 0.6 is 0 Å². The molecule has 0 aliphatic carbocycles. The number of allylic oxidation sites excluding steroid dienone is 1. The highest BCUT2D eigenvalue weighted by atomic mass is 16.5. The molecule has 0 saturated heterocycles. The van der Waals surface area contributed by atoms with Gasteiger partial charge < -0.3 is 4.74 Å². The standard InChI is InChI=1S/C40H78O2/c1-3-5-7-9-11-13-15-17-19-21-22-23-24-26-28-30-32-34-36-38-40(41)42-39-37-35-33-31-29-27-25-20-18-16-14-12-10-8-6-4-2/h36,38H,3-35,37,39H2,1-2H3. The highest BCUT2D eigenvalue weighted by Crippen LogP contribution is 2.15. The van der Waals surface area contributed by atoms with Crippen molar-refractivity contribution in [3.8, 4) is 0 Å². The minimum absolute atomic E-state index is 0.150. The summed E-state index contributed by atoms with van der Waals surface area (Å²) in [7, 11) is 0. The van der Waals surface area contributed by atoms with E-state index in [1.807, 2.05) is 6.08 Å². The molecule has 0 bridgehead atoms. The fourth-order valence-corrected chi connectivity index (χ4v) is 6.04. The second-order valence-electron chi connectivity index (χ2n) is 13.3. The lowest BCUT2D eigenvalue weighted by atomic mass is 10.0. The molecule has 0 unspecified atom stereocenters. The number of carbonyl (C=O) groups excluding carboxylic acids is 1. The molecule has 0 saturated carbocycles. The van der Waals surface area contributed by atoms with Crippen LogP contribution in [0.2, 0.25) is 0 Å². The molecular weight excluding hydrogens is 512 g/mol. The molecule has 0 aromatic rings. The minimum Gasteiger partial charge on any atom is -0.463 e. The number of carbonyl (C=O) groups is 1. The Morgan fingerprint density at radius 2 is 0.643 bits per heavy atom. The van der Waals surface area contributed by atoms with Gasteiger partial charge in [-0.3, -0.25) is 0 Å². The first-order valence-electron chi connectivity index (χ1n) is 19.6. The molecule has 0 rings (SSSR count). The van der Waals surface area contributed by atoms with Crippen LogP contribution in [0.4, 0.5) is 0 Å². The van der Waals surface area contributed by atoms with Crippen LogP contribution in [-0.2, 0) is 9.53 Å². The van der Waals surface area contributed by atoms with Gasteiger partial charge in [-0.2, -0.15) is 0 Å². The van der Waals surface area contributed by atoms with Crippen LogP contribution < -0.4 is 0 Å². The SMILES string of the molecule is CCCCCCCCCCCCCCCCCCCC=CC(=O)OCCCCCCCCCCCCCCCCCC. The van der Waals surface area contributed by atoms with Gasteiger partial charge in [0, 0.05) is 6.08 Å². The number of ether oxygens (including phenoxy) is 1. The van der Waals surface area contributed by atoms with Gasteiger partial charge in [0.2, 0.25) is 0 Å². The van der Waals surface area contributed by atoms with Crippen LogP contribution in [-0.4, -0.2) is 12.6 Å². The predicted octanol–water partition coefficient (Wildman–Crippen LogP) is 14.4. The molecule has 250 valence electrons. The van der Waals surface area contributed by atoms with Crippen molar-refractivity contribution in [2.24, 2.45) is 0 Å². The third-order valence-electron chi connectivity index (χ3n) is 8.97. The molecular formula is C40H78O2. The van der Waals surface area contributed by atoms with Crippen LogP contribution in [0.15, 0.2) is 12.2 Å². The van der Waals surface area contributed by atoms with Gasteiger partial charge in [-0.05, 0) is 19.3 Å². The quantitative estimate of drug-likeness (QED) is 0.0412. The highest BCUT2D eigenvalue weighted by Gasteiger charge is 1.99. The lowest BCUT2D eigenvalue weighted by Crippen LogP contribution is -2.02. The summed E-state index contributed by atoms with van der Waals surface area (Å²) in [6.07, 6.45) is 50.4. The van der Waals surface area contributed by atoms with E-state index < -0.39 is 0 Å². The topological polar surface area (TPSA) is 26.3 Å². The molecule has 0 atom stereocenters. The van der Waals surface area contributed by atoms with E-state index >= 15 is 0 Å². The summed E-state index contributed by atoms with van der Waals surface area (Å²) in [5.41, 5.74) is 0. The number of hydrogen-bond donors (Lipinski definition) is 0. The molecule has 0 aliphatic rings. The van der Waals surface area contributed by atoms with Gasteiger partial charge in [0.1, 0.15) is 0 Å². The largest absolute Gasteiger partial charge is 0.463 e. The van der Waals surface area contributed by atoms with Gasteiger partial charge in [0.15, 0.2) is 0 Å². The Morgan fingerprint density at radius 1 is 0.381 bits per heavy atom. The number of esters is 1. The Balaban J connectivity index is 3.20. The first-order valence-corrected chi connectivity index (χ1v) is 19.6. The summed E-state index contributed by atoms with van der Waals surface area (Å²) in [4.78, 5) is 11.9. The zero-order valence-corrected chi connectivity index (χ0v) is 29.2. The van der Waals surface area contributed by atoms with Crippen molar-refractivity contribution in [1.29, 1.82) is 0 Å². The van der Waals surface area contributed by atoms with Gasteiger partial charge in [-0.1, -0.05) is 219 Å². The number of hydrogen-bond acceptors (Lipinski definition) is 2. The van der Waals surface area contributed by atoms with Crippen molar-refractivity contribution in [3.63, 3.8) is 0 Å². The molecule has 0 N–H and O–H groups in total. The smallest absolute Gasteiger partial charge is 0.330 e. The zero-order chi connectivity index (χ0) is 30.4. The van der Waals surface area contributed by atoms with Crippen molar-refractivity contribution >= 4 is 5.97 Å². The summed E-state index contributed by atoms with van der Waals surface area (Å²) < 4.78 is 5.37. The monoisotopic (exact) mass is 591 g/mol. The van der Waals surface area contributed by atoms with E-state index in [4.69, 9.17) is 4.74 Å². The Hall–Kier alpha value is -0.790.